The standard InChI is InChI=1S/C12H20N2O3/c1-17-8-10(12(13)16)14-11(15)7-9-5-3-2-4-6-9/h5,10H,2-4,6-8H2,1H3,(H2,13,16)(H,14,15)/t10-/m0/s1. The lowest BCUT2D eigenvalue weighted by Crippen LogP contribution is -2.47. The van der Waals surface area contributed by atoms with Gasteiger partial charge >= 0.3 is 0 Å². The van der Waals surface area contributed by atoms with Crippen LogP contribution in [0.25, 0.3) is 0 Å². The summed E-state index contributed by atoms with van der Waals surface area (Å²) in [6.07, 6.45) is 6.81. The molecule has 1 atom stereocenters. The third-order valence-electron chi connectivity index (χ3n) is 2.78. The van der Waals surface area contributed by atoms with Gasteiger partial charge in [0.15, 0.2) is 0 Å². The van der Waals surface area contributed by atoms with E-state index in [1.165, 1.54) is 13.5 Å². The Hall–Kier alpha value is -1.36. The van der Waals surface area contributed by atoms with Crippen molar-refractivity contribution in [2.45, 2.75) is 38.1 Å². The summed E-state index contributed by atoms with van der Waals surface area (Å²) < 4.78 is 4.83. The fraction of sp³-hybridized carbons (Fsp3) is 0.667. The average Bonchev–Trinajstić information content (AvgIpc) is 2.29. The minimum atomic E-state index is -0.739. The van der Waals surface area contributed by atoms with E-state index in [4.69, 9.17) is 10.5 Å². The van der Waals surface area contributed by atoms with E-state index in [9.17, 15) is 9.59 Å². The summed E-state index contributed by atoms with van der Waals surface area (Å²) in [5.74, 6) is -0.739. The monoisotopic (exact) mass is 240 g/mol. The van der Waals surface area contributed by atoms with Gasteiger partial charge in [-0.15, -0.1) is 0 Å². The fourth-order valence-corrected chi connectivity index (χ4v) is 1.88. The fourth-order valence-electron chi connectivity index (χ4n) is 1.88. The molecule has 0 heterocycles. The van der Waals surface area contributed by atoms with Crippen molar-refractivity contribution >= 4 is 11.8 Å². The molecule has 0 aromatic heterocycles. The summed E-state index contributed by atoms with van der Waals surface area (Å²) in [7, 11) is 1.46. The number of hydrogen-bond acceptors (Lipinski definition) is 3. The van der Waals surface area contributed by atoms with Gasteiger partial charge in [-0.05, 0) is 25.7 Å². The molecule has 2 amide bonds. The molecule has 0 radical (unpaired) electrons. The summed E-state index contributed by atoms with van der Waals surface area (Å²) in [6.45, 7) is 0.111. The smallest absolute Gasteiger partial charge is 0.242 e. The van der Waals surface area contributed by atoms with E-state index in [2.05, 4.69) is 11.4 Å². The first-order chi connectivity index (χ1) is 8.13. The highest BCUT2D eigenvalue weighted by molar-refractivity contribution is 5.87. The minimum Gasteiger partial charge on any atom is -0.382 e. The van der Waals surface area contributed by atoms with E-state index >= 15 is 0 Å². The van der Waals surface area contributed by atoms with Gasteiger partial charge in [0, 0.05) is 13.5 Å². The van der Waals surface area contributed by atoms with Gasteiger partial charge in [0.1, 0.15) is 6.04 Å². The molecule has 5 heteroatoms. The molecule has 1 rings (SSSR count). The van der Waals surface area contributed by atoms with Gasteiger partial charge in [0.05, 0.1) is 6.61 Å². The zero-order valence-corrected chi connectivity index (χ0v) is 10.2. The number of carbonyl (C=O) groups is 2. The molecule has 0 spiro atoms. The normalized spacial score (nSPS) is 17.1. The van der Waals surface area contributed by atoms with E-state index in [1.807, 2.05) is 0 Å². The van der Waals surface area contributed by atoms with Crippen LogP contribution in [0, 0.1) is 0 Å². The molecule has 0 unspecified atom stereocenters. The van der Waals surface area contributed by atoms with E-state index in [-0.39, 0.29) is 12.5 Å². The molecule has 17 heavy (non-hydrogen) atoms. The molecule has 3 N–H and O–H groups in total. The van der Waals surface area contributed by atoms with E-state index in [0.29, 0.717) is 6.42 Å². The van der Waals surface area contributed by atoms with Gasteiger partial charge < -0.3 is 15.8 Å². The maximum Gasteiger partial charge on any atom is 0.242 e. The Balaban J connectivity index is 2.41. The molecule has 1 aliphatic carbocycles. The van der Waals surface area contributed by atoms with Crippen LogP contribution in [-0.2, 0) is 14.3 Å². The van der Waals surface area contributed by atoms with Crippen molar-refractivity contribution in [3.63, 3.8) is 0 Å². The highest BCUT2D eigenvalue weighted by atomic mass is 16.5. The minimum absolute atomic E-state index is 0.111. The van der Waals surface area contributed by atoms with Gasteiger partial charge in [-0.1, -0.05) is 11.6 Å². The number of methoxy groups -OCH3 is 1. The zero-order chi connectivity index (χ0) is 12.7. The van der Waals surface area contributed by atoms with Gasteiger partial charge in [0.25, 0.3) is 0 Å². The number of amides is 2. The van der Waals surface area contributed by atoms with Crippen LogP contribution in [0.1, 0.15) is 32.1 Å². The molecule has 0 aromatic carbocycles. The van der Waals surface area contributed by atoms with Crippen LogP contribution in [0.2, 0.25) is 0 Å². The number of rotatable bonds is 6. The Kier molecular flexibility index (Phi) is 5.69. The van der Waals surface area contributed by atoms with Gasteiger partial charge in [-0.3, -0.25) is 9.59 Å². The van der Waals surface area contributed by atoms with Crippen LogP contribution in [0.4, 0.5) is 0 Å². The van der Waals surface area contributed by atoms with Crippen molar-refractivity contribution in [1.29, 1.82) is 0 Å². The summed E-state index contributed by atoms with van der Waals surface area (Å²) in [6, 6.07) is -0.739. The van der Waals surface area contributed by atoms with Gasteiger partial charge in [0.2, 0.25) is 11.8 Å². The lowest BCUT2D eigenvalue weighted by molar-refractivity contribution is -0.128. The van der Waals surface area contributed by atoms with Crippen molar-refractivity contribution in [2.24, 2.45) is 5.73 Å². The van der Waals surface area contributed by atoms with Crippen LogP contribution >= 0.6 is 0 Å². The SMILES string of the molecule is COC[C@H](NC(=O)CC1=CCCCC1)C(N)=O. The Morgan fingerprint density at radius 3 is 2.82 bits per heavy atom. The third kappa shape index (κ3) is 4.99. The first-order valence-corrected chi connectivity index (χ1v) is 5.89. The Labute approximate surface area is 101 Å². The Morgan fingerprint density at radius 1 is 1.53 bits per heavy atom. The van der Waals surface area contributed by atoms with Crippen molar-refractivity contribution in [3.05, 3.63) is 11.6 Å². The molecule has 5 nitrogen and oxygen atoms in total. The first-order valence-electron chi connectivity index (χ1n) is 5.89. The van der Waals surface area contributed by atoms with E-state index in [1.54, 1.807) is 0 Å². The number of nitrogens with two attached hydrogens (primary N) is 1. The van der Waals surface area contributed by atoms with E-state index < -0.39 is 11.9 Å². The maximum absolute atomic E-state index is 11.7. The summed E-state index contributed by atoms with van der Waals surface area (Å²) in [4.78, 5) is 22.7. The quantitative estimate of drug-likeness (QED) is 0.663. The number of carbonyl (C=O) groups excluding carboxylic acids is 2. The third-order valence-corrected chi connectivity index (χ3v) is 2.78. The summed E-state index contributed by atoms with van der Waals surface area (Å²) in [5.41, 5.74) is 6.30. The first kappa shape index (κ1) is 13.7. The topological polar surface area (TPSA) is 81.4 Å². The second-order valence-electron chi connectivity index (χ2n) is 4.26. The zero-order valence-electron chi connectivity index (χ0n) is 10.2. The molecule has 1 aliphatic rings. The average molecular weight is 240 g/mol. The molecule has 0 fully saturated rings. The summed E-state index contributed by atoms with van der Waals surface area (Å²) >= 11 is 0. The van der Waals surface area contributed by atoms with Gasteiger partial charge in [-0.2, -0.15) is 0 Å². The molecule has 96 valence electrons. The number of primary amides is 1. The lowest BCUT2D eigenvalue weighted by atomic mass is 9.97. The molecule has 0 aromatic rings. The van der Waals surface area contributed by atoms with Crippen molar-refractivity contribution in [1.82, 2.24) is 5.32 Å². The number of allylic oxidation sites excluding steroid dienone is 1. The number of ether oxygens (including phenoxy) is 1. The predicted molar refractivity (Wildman–Crippen MR) is 64.2 cm³/mol. The maximum atomic E-state index is 11.7. The molecule has 0 saturated heterocycles. The molecule has 0 saturated carbocycles. The van der Waals surface area contributed by atoms with Crippen LogP contribution in [0.15, 0.2) is 11.6 Å². The number of hydrogen-bond donors (Lipinski definition) is 2. The van der Waals surface area contributed by atoms with E-state index in [0.717, 1.165) is 24.8 Å². The summed E-state index contributed by atoms with van der Waals surface area (Å²) in [5, 5.41) is 2.59. The second-order valence-corrected chi connectivity index (χ2v) is 4.26. The van der Waals surface area contributed by atoms with Crippen molar-refractivity contribution in [2.75, 3.05) is 13.7 Å². The van der Waals surface area contributed by atoms with Crippen LogP contribution in [0.5, 0.6) is 0 Å². The molecular weight excluding hydrogens is 220 g/mol. The lowest BCUT2D eigenvalue weighted by Gasteiger charge is -2.16. The van der Waals surface area contributed by atoms with Crippen LogP contribution < -0.4 is 11.1 Å². The Bertz CT molecular complexity index is 313. The molecule has 0 bridgehead atoms. The predicted octanol–water partition coefficient (Wildman–Crippen LogP) is 0.493. The van der Waals surface area contributed by atoms with Crippen molar-refractivity contribution < 1.29 is 14.3 Å². The number of nitrogens with one attached hydrogen (secondary N) is 1. The second kappa shape index (κ2) is 7.06. The Morgan fingerprint density at radius 2 is 2.29 bits per heavy atom. The molecule has 0 aliphatic heterocycles. The van der Waals surface area contributed by atoms with Crippen molar-refractivity contribution in [3.8, 4) is 0 Å². The van der Waals surface area contributed by atoms with Gasteiger partial charge in [-0.25, -0.2) is 0 Å². The largest absolute Gasteiger partial charge is 0.382 e. The highest BCUT2D eigenvalue weighted by Gasteiger charge is 2.18. The van der Waals surface area contributed by atoms with Crippen LogP contribution in [0.3, 0.4) is 0 Å². The molecular formula is C12H20N2O3. The van der Waals surface area contributed by atoms with Crippen LogP contribution in [-0.4, -0.2) is 31.6 Å². The highest BCUT2D eigenvalue weighted by Crippen LogP contribution is 2.19.